The number of aliphatic hydroxyl groups excluding tert-OH is 1. The minimum absolute atomic E-state index is 0.0236. The molecule has 1 saturated carbocycles. The molecule has 0 bridgehead atoms. The smallest absolute Gasteiger partial charge is 0.257 e. The van der Waals surface area contributed by atoms with Crippen LogP contribution < -0.4 is 10.2 Å². The van der Waals surface area contributed by atoms with E-state index in [-0.39, 0.29) is 24.1 Å². The first kappa shape index (κ1) is 21.7. The van der Waals surface area contributed by atoms with Crippen LogP contribution in [0.15, 0.2) is 24.4 Å². The number of aliphatic hydroxyl groups is 1. The number of aryl methyl sites for hydroxylation is 1. The Balaban J connectivity index is 2.07. The number of amides is 2. The van der Waals surface area contributed by atoms with Crippen LogP contribution in [0.3, 0.4) is 0 Å². The second-order valence-electron chi connectivity index (χ2n) is 7.83. The number of likely N-dealkylation sites (N-methyl/N-ethyl adjacent to an activating group) is 1. The van der Waals surface area contributed by atoms with E-state index >= 15 is 0 Å². The fraction of sp³-hybridized carbons (Fsp3) is 0.409. The van der Waals surface area contributed by atoms with E-state index in [1.165, 1.54) is 17.0 Å². The van der Waals surface area contributed by atoms with Crippen molar-refractivity contribution in [2.24, 2.45) is 0 Å². The standard InChI is InChI=1S/C22H27FN4O3/c1-13-9-19(23)17(21(29)25-15-5-6-15)11-16(13)14-10-18(22(30)26(2)3)20(24-12-14)27(4)7-8-28/h9-12,15,28H,5-8H2,1-4H3,(H,25,29). The van der Waals surface area contributed by atoms with Crippen molar-refractivity contribution in [3.63, 3.8) is 0 Å². The highest BCUT2D eigenvalue weighted by molar-refractivity contribution is 6.00. The zero-order valence-electron chi connectivity index (χ0n) is 17.7. The minimum Gasteiger partial charge on any atom is -0.395 e. The highest BCUT2D eigenvalue weighted by Gasteiger charge is 2.26. The van der Waals surface area contributed by atoms with Crippen molar-refractivity contribution in [1.29, 1.82) is 0 Å². The molecule has 2 aromatic rings. The molecular formula is C22H27FN4O3. The first-order chi connectivity index (χ1) is 14.2. The van der Waals surface area contributed by atoms with Gasteiger partial charge in [0, 0.05) is 45.5 Å². The Morgan fingerprint density at radius 2 is 1.90 bits per heavy atom. The number of halogens is 1. The predicted octanol–water partition coefficient (Wildman–Crippen LogP) is 2.22. The quantitative estimate of drug-likeness (QED) is 0.726. The first-order valence-corrected chi connectivity index (χ1v) is 9.88. The maximum atomic E-state index is 14.5. The van der Waals surface area contributed by atoms with E-state index < -0.39 is 11.7 Å². The molecular weight excluding hydrogens is 387 g/mol. The Morgan fingerprint density at radius 3 is 2.50 bits per heavy atom. The fourth-order valence-corrected chi connectivity index (χ4v) is 3.21. The second kappa shape index (κ2) is 8.79. The van der Waals surface area contributed by atoms with Gasteiger partial charge in [0.2, 0.25) is 0 Å². The summed E-state index contributed by atoms with van der Waals surface area (Å²) in [5.74, 6) is -0.812. The summed E-state index contributed by atoms with van der Waals surface area (Å²) >= 11 is 0. The largest absolute Gasteiger partial charge is 0.395 e. The van der Waals surface area contributed by atoms with Crippen LogP contribution in [-0.2, 0) is 0 Å². The maximum absolute atomic E-state index is 14.5. The van der Waals surface area contributed by atoms with Crippen molar-refractivity contribution >= 4 is 17.6 Å². The molecule has 30 heavy (non-hydrogen) atoms. The van der Waals surface area contributed by atoms with Gasteiger partial charge < -0.3 is 20.2 Å². The third-order valence-corrected chi connectivity index (χ3v) is 5.08. The lowest BCUT2D eigenvalue weighted by atomic mass is 9.97. The summed E-state index contributed by atoms with van der Waals surface area (Å²) in [6, 6.07) is 4.66. The number of rotatable bonds is 7. The van der Waals surface area contributed by atoms with Crippen LogP contribution >= 0.6 is 0 Å². The number of carbonyl (C=O) groups is 2. The molecule has 0 saturated heterocycles. The number of nitrogens with one attached hydrogen (secondary N) is 1. The topological polar surface area (TPSA) is 85.8 Å². The Morgan fingerprint density at radius 1 is 1.20 bits per heavy atom. The lowest BCUT2D eigenvalue weighted by molar-refractivity contribution is 0.0827. The van der Waals surface area contributed by atoms with Crippen molar-refractivity contribution in [3.8, 4) is 11.1 Å². The van der Waals surface area contributed by atoms with Crippen molar-refractivity contribution in [2.75, 3.05) is 39.2 Å². The minimum atomic E-state index is -0.578. The number of hydrogen-bond acceptors (Lipinski definition) is 5. The molecule has 0 spiro atoms. The number of pyridine rings is 1. The molecule has 2 amide bonds. The molecule has 160 valence electrons. The van der Waals surface area contributed by atoms with Gasteiger partial charge in [0.15, 0.2) is 0 Å². The molecule has 0 radical (unpaired) electrons. The van der Waals surface area contributed by atoms with Crippen molar-refractivity contribution < 1.29 is 19.1 Å². The summed E-state index contributed by atoms with van der Waals surface area (Å²) in [4.78, 5) is 32.8. The molecule has 1 heterocycles. The molecule has 1 fully saturated rings. The number of nitrogens with zero attached hydrogens (tertiary/aromatic N) is 3. The summed E-state index contributed by atoms with van der Waals surface area (Å²) in [7, 11) is 5.04. The number of aromatic nitrogens is 1. The van der Waals surface area contributed by atoms with Gasteiger partial charge in [-0.25, -0.2) is 9.37 Å². The van der Waals surface area contributed by atoms with E-state index in [0.717, 1.165) is 12.8 Å². The Bertz CT molecular complexity index is 973. The average Bonchev–Trinajstić information content (AvgIpc) is 3.51. The van der Waals surface area contributed by atoms with Gasteiger partial charge in [0.05, 0.1) is 17.7 Å². The molecule has 0 atom stereocenters. The van der Waals surface area contributed by atoms with Gasteiger partial charge in [-0.2, -0.15) is 0 Å². The molecule has 0 aliphatic heterocycles. The van der Waals surface area contributed by atoms with Crippen LogP contribution in [0.2, 0.25) is 0 Å². The Labute approximate surface area is 175 Å². The Hall–Kier alpha value is -3.00. The van der Waals surface area contributed by atoms with Gasteiger partial charge >= 0.3 is 0 Å². The van der Waals surface area contributed by atoms with Crippen LogP contribution in [0.25, 0.3) is 11.1 Å². The van der Waals surface area contributed by atoms with Crippen LogP contribution in [0.5, 0.6) is 0 Å². The lowest BCUT2D eigenvalue weighted by Crippen LogP contribution is -2.28. The van der Waals surface area contributed by atoms with E-state index in [0.29, 0.717) is 34.6 Å². The second-order valence-corrected chi connectivity index (χ2v) is 7.83. The molecule has 8 heteroatoms. The number of hydrogen-bond donors (Lipinski definition) is 2. The van der Waals surface area contributed by atoms with Gasteiger partial charge in [-0.1, -0.05) is 0 Å². The predicted molar refractivity (Wildman–Crippen MR) is 113 cm³/mol. The highest BCUT2D eigenvalue weighted by Crippen LogP contribution is 2.30. The third-order valence-electron chi connectivity index (χ3n) is 5.08. The summed E-state index contributed by atoms with van der Waals surface area (Å²) in [6.45, 7) is 1.99. The zero-order valence-corrected chi connectivity index (χ0v) is 17.7. The van der Waals surface area contributed by atoms with Gasteiger partial charge in [-0.05, 0) is 49.1 Å². The van der Waals surface area contributed by atoms with Gasteiger partial charge in [-0.3, -0.25) is 9.59 Å². The molecule has 1 aromatic carbocycles. The van der Waals surface area contributed by atoms with E-state index in [4.69, 9.17) is 0 Å². The molecule has 1 aliphatic rings. The van der Waals surface area contributed by atoms with Crippen LogP contribution in [0.1, 0.15) is 39.1 Å². The molecule has 0 unspecified atom stereocenters. The van der Waals surface area contributed by atoms with Crippen molar-refractivity contribution in [3.05, 3.63) is 46.9 Å². The third kappa shape index (κ3) is 4.59. The summed E-state index contributed by atoms with van der Waals surface area (Å²) in [5, 5.41) is 12.0. The van der Waals surface area contributed by atoms with Crippen molar-refractivity contribution in [2.45, 2.75) is 25.8 Å². The van der Waals surface area contributed by atoms with E-state index in [1.807, 2.05) is 0 Å². The maximum Gasteiger partial charge on any atom is 0.257 e. The van der Waals surface area contributed by atoms with Gasteiger partial charge in [-0.15, -0.1) is 0 Å². The summed E-state index contributed by atoms with van der Waals surface area (Å²) in [5.41, 5.74) is 2.22. The summed E-state index contributed by atoms with van der Waals surface area (Å²) in [6.07, 6.45) is 3.42. The lowest BCUT2D eigenvalue weighted by Gasteiger charge is -2.22. The molecule has 1 aliphatic carbocycles. The van der Waals surface area contributed by atoms with Crippen LogP contribution in [0.4, 0.5) is 10.2 Å². The normalized spacial score (nSPS) is 13.1. The number of benzene rings is 1. The molecule has 2 N–H and O–H groups in total. The van der Waals surface area contributed by atoms with Gasteiger partial charge in [0.25, 0.3) is 11.8 Å². The molecule has 7 nitrogen and oxygen atoms in total. The van der Waals surface area contributed by atoms with E-state index in [9.17, 15) is 19.1 Å². The SMILES string of the molecule is Cc1cc(F)c(C(=O)NC2CC2)cc1-c1cnc(N(C)CCO)c(C(=O)N(C)C)c1. The van der Waals surface area contributed by atoms with E-state index in [1.54, 1.807) is 45.2 Å². The Kier molecular flexibility index (Phi) is 6.36. The first-order valence-electron chi connectivity index (χ1n) is 9.88. The van der Waals surface area contributed by atoms with Crippen LogP contribution in [-0.4, -0.2) is 67.1 Å². The average molecular weight is 414 g/mol. The monoisotopic (exact) mass is 414 g/mol. The number of anilines is 1. The highest BCUT2D eigenvalue weighted by atomic mass is 19.1. The molecule has 1 aromatic heterocycles. The van der Waals surface area contributed by atoms with Crippen molar-refractivity contribution in [1.82, 2.24) is 15.2 Å². The van der Waals surface area contributed by atoms with Crippen LogP contribution in [0, 0.1) is 12.7 Å². The molecule has 3 rings (SSSR count). The summed E-state index contributed by atoms with van der Waals surface area (Å²) < 4.78 is 14.5. The van der Waals surface area contributed by atoms with E-state index in [2.05, 4.69) is 10.3 Å². The number of carbonyl (C=O) groups excluding carboxylic acids is 2. The van der Waals surface area contributed by atoms with Gasteiger partial charge in [0.1, 0.15) is 11.6 Å². The zero-order chi connectivity index (χ0) is 22.0. The fourth-order valence-electron chi connectivity index (χ4n) is 3.21.